The summed E-state index contributed by atoms with van der Waals surface area (Å²) in [6.45, 7) is 3.81. The van der Waals surface area contributed by atoms with Gasteiger partial charge in [0.25, 0.3) is 5.91 Å². The predicted octanol–water partition coefficient (Wildman–Crippen LogP) is 2.05. The average molecular weight is 333 g/mol. The van der Waals surface area contributed by atoms with Crippen LogP contribution in [0.1, 0.15) is 49.4 Å². The van der Waals surface area contributed by atoms with Gasteiger partial charge in [0.1, 0.15) is 0 Å². The molecule has 0 saturated heterocycles. The van der Waals surface area contributed by atoms with E-state index in [1.54, 1.807) is 24.3 Å². The van der Waals surface area contributed by atoms with Crippen LogP contribution in [0.3, 0.4) is 0 Å². The van der Waals surface area contributed by atoms with E-state index in [1.165, 1.54) is 0 Å². The molecule has 2 rings (SSSR count). The zero-order valence-electron chi connectivity index (χ0n) is 14.3. The molecule has 1 aliphatic rings. The number of nitrogens with one attached hydrogen (secondary N) is 2. The van der Waals surface area contributed by atoms with E-state index in [1.807, 2.05) is 6.92 Å². The van der Waals surface area contributed by atoms with E-state index in [-0.39, 0.29) is 11.8 Å². The van der Waals surface area contributed by atoms with Gasteiger partial charge in [-0.2, -0.15) is 0 Å². The molecule has 1 saturated carbocycles. The molecule has 1 aliphatic carbocycles. The van der Waals surface area contributed by atoms with Crippen molar-refractivity contribution in [3.05, 3.63) is 29.8 Å². The van der Waals surface area contributed by atoms with E-state index in [9.17, 15) is 9.59 Å². The SMILES string of the molecule is CCOCCCNC(=O)c1cccc(NC(=O)C2(N)CCCC2)c1. The minimum absolute atomic E-state index is 0.161. The fourth-order valence-electron chi connectivity index (χ4n) is 2.85. The van der Waals surface area contributed by atoms with Gasteiger partial charge in [-0.25, -0.2) is 0 Å². The van der Waals surface area contributed by atoms with Gasteiger partial charge in [0.2, 0.25) is 5.91 Å². The molecule has 0 unspecified atom stereocenters. The number of hydrogen-bond acceptors (Lipinski definition) is 4. The van der Waals surface area contributed by atoms with Crippen molar-refractivity contribution in [2.75, 3.05) is 25.1 Å². The van der Waals surface area contributed by atoms with Crippen molar-refractivity contribution in [3.8, 4) is 0 Å². The zero-order chi connectivity index (χ0) is 17.4. The van der Waals surface area contributed by atoms with Crippen LogP contribution in [0, 0.1) is 0 Å². The molecule has 1 aromatic rings. The molecule has 0 atom stereocenters. The van der Waals surface area contributed by atoms with Crippen LogP contribution in [-0.2, 0) is 9.53 Å². The predicted molar refractivity (Wildman–Crippen MR) is 93.9 cm³/mol. The van der Waals surface area contributed by atoms with Crippen molar-refractivity contribution < 1.29 is 14.3 Å². The van der Waals surface area contributed by atoms with Gasteiger partial charge in [0, 0.05) is 31.0 Å². The lowest BCUT2D eigenvalue weighted by Gasteiger charge is -2.22. The van der Waals surface area contributed by atoms with Crippen LogP contribution >= 0.6 is 0 Å². The lowest BCUT2D eigenvalue weighted by Crippen LogP contribution is -2.48. The molecule has 1 aromatic carbocycles. The van der Waals surface area contributed by atoms with Crippen molar-refractivity contribution in [2.45, 2.75) is 44.6 Å². The van der Waals surface area contributed by atoms with Gasteiger partial charge in [0.15, 0.2) is 0 Å². The Bertz CT molecular complexity index is 568. The van der Waals surface area contributed by atoms with Crippen molar-refractivity contribution in [3.63, 3.8) is 0 Å². The summed E-state index contributed by atoms with van der Waals surface area (Å²) in [6, 6.07) is 6.92. The highest BCUT2D eigenvalue weighted by Crippen LogP contribution is 2.28. The van der Waals surface area contributed by atoms with Gasteiger partial charge in [0.05, 0.1) is 5.54 Å². The summed E-state index contributed by atoms with van der Waals surface area (Å²) in [6.07, 6.45) is 4.14. The van der Waals surface area contributed by atoms with Crippen molar-refractivity contribution in [2.24, 2.45) is 5.73 Å². The number of benzene rings is 1. The van der Waals surface area contributed by atoms with Gasteiger partial charge < -0.3 is 21.1 Å². The Morgan fingerprint density at radius 1 is 1.29 bits per heavy atom. The lowest BCUT2D eigenvalue weighted by atomic mass is 9.98. The number of carbonyl (C=O) groups excluding carboxylic acids is 2. The van der Waals surface area contributed by atoms with Gasteiger partial charge in [-0.15, -0.1) is 0 Å². The van der Waals surface area contributed by atoms with Crippen molar-refractivity contribution in [1.82, 2.24) is 5.32 Å². The van der Waals surface area contributed by atoms with Gasteiger partial charge >= 0.3 is 0 Å². The Morgan fingerprint density at radius 3 is 2.75 bits per heavy atom. The molecule has 132 valence electrons. The maximum absolute atomic E-state index is 12.3. The standard InChI is InChI=1S/C18H27N3O3/c1-2-24-12-6-11-20-16(22)14-7-5-8-15(13-14)21-17(23)18(19)9-3-4-10-18/h5,7-8,13H,2-4,6,9-12,19H2,1H3,(H,20,22)(H,21,23). The summed E-state index contributed by atoms with van der Waals surface area (Å²) < 4.78 is 5.23. The van der Waals surface area contributed by atoms with E-state index in [0.29, 0.717) is 43.9 Å². The second kappa shape index (κ2) is 8.80. The fraction of sp³-hybridized carbons (Fsp3) is 0.556. The molecule has 0 bridgehead atoms. The van der Waals surface area contributed by atoms with Crippen LogP contribution < -0.4 is 16.4 Å². The quantitative estimate of drug-likeness (QED) is 0.635. The first-order valence-corrected chi connectivity index (χ1v) is 8.61. The first-order chi connectivity index (χ1) is 11.5. The molecule has 6 heteroatoms. The molecule has 0 aliphatic heterocycles. The normalized spacial score (nSPS) is 15.9. The molecule has 0 radical (unpaired) electrons. The molecular weight excluding hydrogens is 306 g/mol. The Labute approximate surface area is 143 Å². The monoisotopic (exact) mass is 333 g/mol. The third-order valence-electron chi connectivity index (χ3n) is 4.29. The Balaban J connectivity index is 1.88. The number of nitrogens with two attached hydrogens (primary N) is 1. The Kier molecular flexibility index (Phi) is 6.75. The topological polar surface area (TPSA) is 93.5 Å². The van der Waals surface area contributed by atoms with Crippen LogP contribution in [0.4, 0.5) is 5.69 Å². The number of hydrogen-bond donors (Lipinski definition) is 3. The molecule has 0 spiro atoms. The van der Waals surface area contributed by atoms with E-state index >= 15 is 0 Å². The third-order valence-corrected chi connectivity index (χ3v) is 4.29. The molecule has 4 N–H and O–H groups in total. The smallest absolute Gasteiger partial charge is 0.251 e. The van der Waals surface area contributed by atoms with Crippen molar-refractivity contribution in [1.29, 1.82) is 0 Å². The summed E-state index contributed by atoms with van der Waals surface area (Å²) in [4.78, 5) is 24.5. The maximum atomic E-state index is 12.3. The summed E-state index contributed by atoms with van der Waals surface area (Å²) in [5.74, 6) is -0.333. The fourth-order valence-corrected chi connectivity index (χ4v) is 2.85. The lowest BCUT2D eigenvalue weighted by molar-refractivity contribution is -0.121. The molecule has 0 aromatic heterocycles. The van der Waals surface area contributed by atoms with E-state index in [0.717, 1.165) is 19.3 Å². The maximum Gasteiger partial charge on any atom is 0.251 e. The van der Waals surface area contributed by atoms with Crippen LogP contribution in [0.5, 0.6) is 0 Å². The average Bonchev–Trinajstić information content (AvgIpc) is 3.03. The minimum Gasteiger partial charge on any atom is -0.382 e. The molecule has 0 heterocycles. The second-order valence-electron chi connectivity index (χ2n) is 6.20. The molecule has 24 heavy (non-hydrogen) atoms. The number of carbonyl (C=O) groups is 2. The van der Waals surface area contributed by atoms with Crippen molar-refractivity contribution >= 4 is 17.5 Å². The van der Waals surface area contributed by atoms with Gasteiger partial charge in [-0.05, 0) is 44.4 Å². The van der Waals surface area contributed by atoms with E-state index in [2.05, 4.69) is 10.6 Å². The summed E-state index contributed by atoms with van der Waals surface area (Å²) in [5, 5.41) is 5.68. The molecule has 6 nitrogen and oxygen atoms in total. The third kappa shape index (κ3) is 5.04. The summed E-state index contributed by atoms with van der Waals surface area (Å²) in [5.41, 5.74) is 6.48. The first kappa shape index (κ1) is 18.4. The van der Waals surface area contributed by atoms with Crippen LogP contribution in [-0.4, -0.2) is 37.1 Å². The van der Waals surface area contributed by atoms with Crippen LogP contribution in [0.15, 0.2) is 24.3 Å². The van der Waals surface area contributed by atoms with Crippen LogP contribution in [0.25, 0.3) is 0 Å². The highest BCUT2D eigenvalue weighted by atomic mass is 16.5. The van der Waals surface area contributed by atoms with E-state index < -0.39 is 5.54 Å². The highest BCUT2D eigenvalue weighted by Gasteiger charge is 2.36. The van der Waals surface area contributed by atoms with Gasteiger partial charge in [-0.1, -0.05) is 18.9 Å². The Morgan fingerprint density at radius 2 is 2.04 bits per heavy atom. The molecular formula is C18H27N3O3. The number of anilines is 1. The van der Waals surface area contributed by atoms with Gasteiger partial charge in [-0.3, -0.25) is 9.59 Å². The first-order valence-electron chi connectivity index (χ1n) is 8.61. The Hall–Kier alpha value is -1.92. The molecule has 2 amide bonds. The summed E-state index contributed by atoms with van der Waals surface area (Å²) >= 11 is 0. The second-order valence-corrected chi connectivity index (χ2v) is 6.20. The van der Waals surface area contributed by atoms with E-state index in [4.69, 9.17) is 10.5 Å². The molecule has 1 fully saturated rings. The number of ether oxygens (including phenoxy) is 1. The number of amides is 2. The highest BCUT2D eigenvalue weighted by molar-refractivity contribution is 6.00. The largest absolute Gasteiger partial charge is 0.382 e. The zero-order valence-corrected chi connectivity index (χ0v) is 14.3. The number of rotatable bonds is 8. The van der Waals surface area contributed by atoms with Crippen LogP contribution in [0.2, 0.25) is 0 Å². The summed E-state index contributed by atoms with van der Waals surface area (Å²) in [7, 11) is 0. The minimum atomic E-state index is -0.780.